The van der Waals surface area contributed by atoms with Gasteiger partial charge in [0.05, 0.1) is 17.0 Å². The number of aryl methyl sites for hydroxylation is 2. The van der Waals surface area contributed by atoms with E-state index >= 15 is 0 Å². The topological polar surface area (TPSA) is 93.7 Å². The first-order valence-corrected chi connectivity index (χ1v) is 10.4. The molecule has 2 amide bonds. The molecule has 0 fully saturated rings. The summed E-state index contributed by atoms with van der Waals surface area (Å²) in [6.07, 6.45) is -0.712. The Morgan fingerprint density at radius 1 is 1.07 bits per heavy atom. The number of nitrogens with one attached hydrogen (secondary N) is 2. The van der Waals surface area contributed by atoms with E-state index < -0.39 is 17.7 Å². The Labute approximate surface area is 180 Å². The van der Waals surface area contributed by atoms with Crippen LogP contribution in [0.1, 0.15) is 64.4 Å². The minimum atomic E-state index is -0.712. The van der Waals surface area contributed by atoms with Crippen LogP contribution in [0.25, 0.3) is 0 Å². The average Bonchev–Trinajstić information content (AvgIpc) is 2.92. The van der Waals surface area contributed by atoms with Crippen molar-refractivity contribution in [1.82, 2.24) is 0 Å². The molecule has 1 aromatic heterocycles. The summed E-state index contributed by atoms with van der Waals surface area (Å²) in [4.78, 5) is 38.0. The number of ether oxygens (including phenoxy) is 2. The van der Waals surface area contributed by atoms with Crippen molar-refractivity contribution in [3.8, 4) is 0 Å². The van der Waals surface area contributed by atoms with E-state index in [1.807, 2.05) is 32.0 Å². The second-order valence-electron chi connectivity index (χ2n) is 7.88. The van der Waals surface area contributed by atoms with Gasteiger partial charge in [-0.1, -0.05) is 17.7 Å². The predicted octanol–water partition coefficient (Wildman–Crippen LogP) is 5.45. The molecule has 2 N–H and O–H groups in total. The minimum Gasteiger partial charge on any atom is -0.462 e. The summed E-state index contributed by atoms with van der Waals surface area (Å²) in [5, 5.41) is 5.67. The molecule has 162 valence electrons. The van der Waals surface area contributed by atoms with Crippen LogP contribution >= 0.6 is 11.3 Å². The van der Waals surface area contributed by atoms with Gasteiger partial charge >= 0.3 is 12.1 Å². The van der Waals surface area contributed by atoms with Gasteiger partial charge in [-0.05, 0) is 65.7 Å². The van der Waals surface area contributed by atoms with Crippen LogP contribution in [-0.4, -0.2) is 30.2 Å². The van der Waals surface area contributed by atoms with Crippen molar-refractivity contribution in [2.24, 2.45) is 0 Å². The zero-order valence-corrected chi connectivity index (χ0v) is 19.2. The highest BCUT2D eigenvalue weighted by atomic mass is 32.1. The first-order valence-electron chi connectivity index (χ1n) is 9.62. The Bertz CT molecular complexity index is 973. The summed E-state index contributed by atoms with van der Waals surface area (Å²) in [7, 11) is 0. The standard InChI is InChI=1S/C22H28N2O5S/c1-8-28-20(26)16-14(4)17(30-19(16)24-21(27)29-22(5,6)7)18(25)23-15-10-9-12(2)11-13(15)3/h9-11H,8H2,1-7H3,(H,23,25)(H,24,27). The van der Waals surface area contributed by atoms with Crippen molar-refractivity contribution in [2.45, 2.75) is 54.1 Å². The van der Waals surface area contributed by atoms with Gasteiger partial charge in [-0.25, -0.2) is 9.59 Å². The number of rotatable bonds is 5. The summed E-state index contributed by atoms with van der Waals surface area (Å²) in [6.45, 7) is 12.6. The first kappa shape index (κ1) is 23.4. The van der Waals surface area contributed by atoms with Gasteiger partial charge in [0.25, 0.3) is 5.91 Å². The highest BCUT2D eigenvalue weighted by molar-refractivity contribution is 7.18. The summed E-state index contributed by atoms with van der Waals surface area (Å²) in [6, 6.07) is 5.71. The number of anilines is 2. The van der Waals surface area contributed by atoms with Crippen LogP contribution in [-0.2, 0) is 9.47 Å². The molecule has 1 aromatic carbocycles. The smallest absolute Gasteiger partial charge is 0.412 e. The third-order valence-corrected chi connectivity index (χ3v) is 5.28. The van der Waals surface area contributed by atoms with Crippen molar-refractivity contribution in [3.63, 3.8) is 0 Å². The number of amides is 2. The molecule has 0 aliphatic rings. The maximum absolute atomic E-state index is 12.9. The Hall–Kier alpha value is -2.87. The number of hydrogen-bond acceptors (Lipinski definition) is 6. The second kappa shape index (κ2) is 9.30. The third kappa shape index (κ3) is 5.82. The van der Waals surface area contributed by atoms with E-state index in [-0.39, 0.29) is 23.1 Å². The predicted molar refractivity (Wildman–Crippen MR) is 119 cm³/mol. The fourth-order valence-electron chi connectivity index (χ4n) is 2.80. The molecular formula is C22H28N2O5S. The average molecular weight is 433 g/mol. The van der Waals surface area contributed by atoms with E-state index in [2.05, 4.69) is 10.6 Å². The van der Waals surface area contributed by atoms with Crippen LogP contribution in [0, 0.1) is 20.8 Å². The molecule has 0 saturated heterocycles. The largest absolute Gasteiger partial charge is 0.462 e. The van der Waals surface area contributed by atoms with E-state index in [1.165, 1.54) is 0 Å². The van der Waals surface area contributed by atoms with E-state index in [4.69, 9.17) is 9.47 Å². The SMILES string of the molecule is CCOC(=O)c1c(NC(=O)OC(C)(C)C)sc(C(=O)Nc2ccc(C)cc2C)c1C. The second-order valence-corrected chi connectivity index (χ2v) is 8.90. The van der Waals surface area contributed by atoms with Gasteiger partial charge in [0.1, 0.15) is 10.6 Å². The molecule has 0 aliphatic heterocycles. The summed E-state index contributed by atoms with van der Waals surface area (Å²) < 4.78 is 10.4. The monoisotopic (exact) mass is 432 g/mol. The van der Waals surface area contributed by atoms with Crippen molar-refractivity contribution in [3.05, 3.63) is 45.3 Å². The van der Waals surface area contributed by atoms with Crippen LogP contribution < -0.4 is 10.6 Å². The molecule has 0 bridgehead atoms. The zero-order chi connectivity index (χ0) is 22.6. The first-order chi connectivity index (χ1) is 13.9. The zero-order valence-electron chi connectivity index (χ0n) is 18.4. The van der Waals surface area contributed by atoms with Crippen molar-refractivity contribution in [1.29, 1.82) is 0 Å². The van der Waals surface area contributed by atoms with Crippen molar-refractivity contribution >= 4 is 40.0 Å². The van der Waals surface area contributed by atoms with Gasteiger partial charge in [-0.15, -0.1) is 11.3 Å². The normalized spacial score (nSPS) is 11.0. The van der Waals surface area contributed by atoms with E-state index in [0.717, 1.165) is 22.5 Å². The van der Waals surface area contributed by atoms with Gasteiger partial charge in [0, 0.05) is 5.69 Å². The molecule has 7 nitrogen and oxygen atoms in total. The van der Waals surface area contributed by atoms with E-state index in [1.54, 1.807) is 34.6 Å². The van der Waals surface area contributed by atoms with Crippen molar-refractivity contribution in [2.75, 3.05) is 17.2 Å². The molecule has 0 unspecified atom stereocenters. The van der Waals surface area contributed by atoms with Gasteiger partial charge in [0.15, 0.2) is 0 Å². The van der Waals surface area contributed by atoms with E-state index in [0.29, 0.717) is 16.1 Å². The summed E-state index contributed by atoms with van der Waals surface area (Å²) >= 11 is 1.01. The lowest BCUT2D eigenvalue weighted by molar-refractivity contribution is 0.0527. The van der Waals surface area contributed by atoms with Gasteiger partial charge in [0.2, 0.25) is 0 Å². The number of benzene rings is 1. The summed E-state index contributed by atoms with van der Waals surface area (Å²) in [5.41, 5.74) is 2.58. The molecule has 0 saturated carbocycles. The van der Waals surface area contributed by atoms with Crippen LogP contribution in [0.5, 0.6) is 0 Å². The maximum atomic E-state index is 12.9. The Morgan fingerprint density at radius 2 is 1.73 bits per heavy atom. The molecule has 0 aliphatic carbocycles. The quantitative estimate of drug-likeness (QED) is 0.613. The van der Waals surface area contributed by atoms with Crippen LogP contribution in [0.2, 0.25) is 0 Å². The number of carbonyl (C=O) groups excluding carboxylic acids is 3. The minimum absolute atomic E-state index is 0.151. The Balaban J connectivity index is 2.38. The lowest BCUT2D eigenvalue weighted by Crippen LogP contribution is -2.27. The summed E-state index contributed by atoms with van der Waals surface area (Å²) in [5.74, 6) is -0.977. The molecule has 2 aromatic rings. The number of thiophene rings is 1. The number of esters is 1. The Kier molecular flexibility index (Phi) is 7.25. The third-order valence-electron chi connectivity index (χ3n) is 4.08. The molecule has 30 heavy (non-hydrogen) atoms. The van der Waals surface area contributed by atoms with Crippen LogP contribution in [0.4, 0.5) is 15.5 Å². The number of hydrogen-bond donors (Lipinski definition) is 2. The number of carbonyl (C=O) groups is 3. The van der Waals surface area contributed by atoms with Crippen LogP contribution in [0.3, 0.4) is 0 Å². The van der Waals surface area contributed by atoms with Crippen LogP contribution in [0.15, 0.2) is 18.2 Å². The molecule has 8 heteroatoms. The molecule has 0 atom stereocenters. The van der Waals surface area contributed by atoms with Gasteiger partial charge in [-0.3, -0.25) is 10.1 Å². The van der Waals surface area contributed by atoms with Gasteiger partial charge < -0.3 is 14.8 Å². The lowest BCUT2D eigenvalue weighted by Gasteiger charge is -2.19. The molecule has 0 radical (unpaired) electrons. The lowest BCUT2D eigenvalue weighted by atomic mass is 10.1. The fraction of sp³-hybridized carbons (Fsp3) is 0.409. The molecule has 1 heterocycles. The fourth-order valence-corrected chi connectivity index (χ4v) is 3.87. The Morgan fingerprint density at radius 3 is 2.30 bits per heavy atom. The van der Waals surface area contributed by atoms with E-state index in [9.17, 15) is 14.4 Å². The molecule has 0 spiro atoms. The highest BCUT2D eigenvalue weighted by Crippen LogP contribution is 2.35. The highest BCUT2D eigenvalue weighted by Gasteiger charge is 2.28. The van der Waals surface area contributed by atoms with Gasteiger partial charge in [-0.2, -0.15) is 0 Å². The maximum Gasteiger partial charge on any atom is 0.412 e. The molecule has 2 rings (SSSR count). The van der Waals surface area contributed by atoms with Crippen molar-refractivity contribution < 1.29 is 23.9 Å². The molecular weight excluding hydrogens is 404 g/mol.